The van der Waals surface area contributed by atoms with Crippen molar-refractivity contribution in [2.24, 2.45) is 5.92 Å². The normalized spacial score (nSPS) is 16.5. The Hall–Kier alpha value is -2.01. The van der Waals surface area contributed by atoms with E-state index >= 15 is 0 Å². The van der Waals surface area contributed by atoms with Crippen molar-refractivity contribution in [3.63, 3.8) is 0 Å². The molecular weight excluding hydrogens is 244 g/mol. The monoisotopic (exact) mass is 258 g/mol. The quantitative estimate of drug-likeness (QED) is 0.675. The van der Waals surface area contributed by atoms with Gasteiger partial charge in [0.25, 0.3) is 5.69 Å². The minimum Gasteiger partial charge on any atom is -0.392 e. The van der Waals surface area contributed by atoms with Crippen LogP contribution < -0.4 is 0 Å². The molecule has 5 heteroatoms. The Balaban J connectivity index is 1.88. The van der Waals surface area contributed by atoms with Crippen LogP contribution in [0.25, 0.3) is 10.9 Å². The number of rotatable bonds is 4. The maximum Gasteiger partial charge on any atom is 0.270 e. The molecule has 1 heterocycles. The van der Waals surface area contributed by atoms with Crippen LogP contribution in [-0.2, 0) is 6.42 Å². The van der Waals surface area contributed by atoms with E-state index in [0.29, 0.717) is 12.3 Å². The lowest BCUT2D eigenvalue weighted by Crippen LogP contribution is -2.13. The van der Waals surface area contributed by atoms with E-state index in [4.69, 9.17) is 0 Å². The molecule has 98 valence electrons. The van der Waals surface area contributed by atoms with Gasteiger partial charge in [-0.25, -0.2) is 0 Å². The van der Waals surface area contributed by atoms with Crippen LogP contribution >= 0.6 is 0 Å². The first-order valence-corrected chi connectivity index (χ1v) is 6.35. The van der Waals surface area contributed by atoms with Gasteiger partial charge in [0.2, 0.25) is 0 Å². The summed E-state index contributed by atoms with van der Waals surface area (Å²) in [5.41, 5.74) is 1.63. The highest BCUT2D eigenvalue weighted by atomic mass is 16.6. The molecule has 1 atom stereocenters. The summed E-state index contributed by atoms with van der Waals surface area (Å²) in [6.07, 6.45) is 2.43. The van der Waals surface area contributed by atoms with E-state index in [1.54, 1.807) is 6.07 Å². The lowest BCUT2D eigenvalue weighted by molar-refractivity contribution is -0.384. The summed E-state index contributed by atoms with van der Waals surface area (Å²) >= 11 is 0. The van der Waals surface area contributed by atoms with Crippen molar-refractivity contribution >= 4 is 16.6 Å². The molecule has 5 nitrogen and oxygen atoms in total. The summed E-state index contributed by atoms with van der Waals surface area (Å²) in [5, 5.41) is 21.3. The van der Waals surface area contributed by atoms with Crippen LogP contribution in [0.2, 0.25) is 0 Å². The van der Waals surface area contributed by atoms with Crippen LogP contribution in [0, 0.1) is 16.0 Å². The first-order chi connectivity index (χ1) is 9.13. The van der Waals surface area contributed by atoms with Gasteiger partial charge in [-0.05, 0) is 30.9 Å². The minimum absolute atomic E-state index is 0.0695. The van der Waals surface area contributed by atoms with Crippen LogP contribution in [0.5, 0.6) is 0 Å². The van der Waals surface area contributed by atoms with E-state index < -0.39 is 4.92 Å². The number of non-ortho nitro benzene ring substituents is 1. The van der Waals surface area contributed by atoms with E-state index in [0.717, 1.165) is 29.4 Å². The number of aliphatic hydroxyl groups is 1. The Labute approximate surface area is 110 Å². The summed E-state index contributed by atoms with van der Waals surface area (Å²) in [7, 11) is 0. The predicted molar refractivity (Wildman–Crippen MR) is 70.8 cm³/mol. The minimum atomic E-state index is -0.413. The van der Waals surface area contributed by atoms with Crippen LogP contribution in [0.4, 0.5) is 5.69 Å². The number of aromatic nitrogens is 1. The third kappa shape index (κ3) is 2.56. The summed E-state index contributed by atoms with van der Waals surface area (Å²) < 4.78 is 0. The van der Waals surface area contributed by atoms with Crippen molar-refractivity contribution in [1.29, 1.82) is 0 Å². The Morgan fingerprint density at radius 1 is 1.37 bits per heavy atom. The summed E-state index contributed by atoms with van der Waals surface area (Å²) in [4.78, 5) is 14.7. The topological polar surface area (TPSA) is 76.3 Å². The highest BCUT2D eigenvalue weighted by Crippen LogP contribution is 2.34. The zero-order chi connectivity index (χ0) is 13.4. The summed E-state index contributed by atoms with van der Waals surface area (Å²) in [5.74, 6) is 0.425. The second-order valence-corrected chi connectivity index (χ2v) is 5.05. The fourth-order valence-corrected chi connectivity index (χ4v) is 2.24. The molecule has 1 aromatic carbocycles. The molecule has 3 rings (SSSR count). The molecule has 1 aliphatic carbocycles. The lowest BCUT2D eigenvalue weighted by atomic mass is 10.1. The molecule has 1 aliphatic rings. The van der Waals surface area contributed by atoms with E-state index in [1.807, 2.05) is 12.1 Å². The molecular formula is C14H14N2O3. The third-order valence-electron chi connectivity index (χ3n) is 3.53. The maximum atomic E-state index is 10.7. The van der Waals surface area contributed by atoms with Crippen LogP contribution in [0.15, 0.2) is 30.3 Å². The van der Waals surface area contributed by atoms with Gasteiger partial charge in [-0.2, -0.15) is 0 Å². The van der Waals surface area contributed by atoms with Gasteiger partial charge in [0.05, 0.1) is 16.5 Å². The van der Waals surface area contributed by atoms with E-state index in [-0.39, 0.29) is 11.8 Å². The molecule has 0 saturated heterocycles. The Bertz CT molecular complexity index is 638. The van der Waals surface area contributed by atoms with Gasteiger partial charge >= 0.3 is 0 Å². The predicted octanol–water partition coefficient (Wildman–Crippen LogP) is 2.46. The van der Waals surface area contributed by atoms with Gasteiger partial charge in [0, 0.05) is 29.6 Å². The number of aliphatic hydroxyl groups excluding tert-OH is 1. The number of hydrogen-bond acceptors (Lipinski definition) is 4. The molecule has 1 N–H and O–H groups in total. The van der Waals surface area contributed by atoms with E-state index in [9.17, 15) is 15.2 Å². The third-order valence-corrected chi connectivity index (χ3v) is 3.53. The second kappa shape index (κ2) is 4.59. The van der Waals surface area contributed by atoms with E-state index in [1.165, 1.54) is 12.1 Å². The number of nitro groups is 1. The molecule has 1 aromatic heterocycles. The zero-order valence-corrected chi connectivity index (χ0v) is 10.3. The second-order valence-electron chi connectivity index (χ2n) is 5.05. The zero-order valence-electron chi connectivity index (χ0n) is 10.3. The van der Waals surface area contributed by atoms with Crippen molar-refractivity contribution < 1.29 is 10.0 Å². The number of nitro benzene ring substituents is 1. The van der Waals surface area contributed by atoms with E-state index in [2.05, 4.69) is 4.98 Å². The van der Waals surface area contributed by atoms with Gasteiger partial charge in [-0.3, -0.25) is 15.1 Å². The summed E-state index contributed by atoms with van der Waals surface area (Å²) in [6, 6.07) is 8.28. The average Bonchev–Trinajstić information content (AvgIpc) is 3.22. The number of benzene rings is 1. The van der Waals surface area contributed by atoms with Gasteiger partial charge < -0.3 is 5.11 Å². The largest absolute Gasteiger partial charge is 0.392 e. The van der Waals surface area contributed by atoms with Crippen molar-refractivity contribution in [1.82, 2.24) is 4.98 Å². The Morgan fingerprint density at radius 2 is 2.16 bits per heavy atom. The smallest absolute Gasteiger partial charge is 0.270 e. The van der Waals surface area contributed by atoms with Gasteiger partial charge in [0.1, 0.15) is 0 Å². The van der Waals surface area contributed by atoms with Crippen LogP contribution in [0.1, 0.15) is 18.5 Å². The van der Waals surface area contributed by atoms with Gasteiger partial charge in [-0.1, -0.05) is 6.07 Å². The molecule has 0 aliphatic heterocycles. The molecule has 0 spiro atoms. The fraction of sp³-hybridized carbons (Fsp3) is 0.357. The van der Waals surface area contributed by atoms with Gasteiger partial charge in [-0.15, -0.1) is 0 Å². The number of pyridine rings is 1. The number of nitrogens with zero attached hydrogens (tertiary/aromatic N) is 2. The van der Waals surface area contributed by atoms with Crippen LogP contribution in [0.3, 0.4) is 0 Å². The molecule has 2 aromatic rings. The van der Waals surface area contributed by atoms with Crippen molar-refractivity contribution in [2.45, 2.75) is 25.4 Å². The molecule has 0 amide bonds. The molecule has 0 radical (unpaired) electrons. The van der Waals surface area contributed by atoms with Crippen molar-refractivity contribution in [3.8, 4) is 0 Å². The molecule has 19 heavy (non-hydrogen) atoms. The Morgan fingerprint density at radius 3 is 2.84 bits per heavy atom. The van der Waals surface area contributed by atoms with Gasteiger partial charge in [0.15, 0.2) is 0 Å². The highest BCUT2D eigenvalue weighted by Gasteiger charge is 2.29. The number of fused-ring (bicyclic) bond motifs is 1. The summed E-state index contributed by atoms with van der Waals surface area (Å²) in [6.45, 7) is 0. The Kier molecular flexibility index (Phi) is 2.91. The lowest BCUT2D eigenvalue weighted by Gasteiger charge is -2.08. The van der Waals surface area contributed by atoms with Crippen molar-refractivity contribution in [2.75, 3.05) is 0 Å². The average molecular weight is 258 g/mol. The molecule has 1 unspecified atom stereocenters. The highest BCUT2D eigenvalue weighted by molar-refractivity contribution is 5.81. The molecule has 1 saturated carbocycles. The van der Waals surface area contributed by atoms with Crippen molar-refractivity contribution in [3.05, 3.63) is 46.1 Å². The molecule has 0 bridgehead atoms. The molecule has 1 fully saturated rings. The standard InChI is InChI=1S/C14H14N2O3/c17-14(9-1-2-9)8-11-4-3-10-7-12(16(18)19)5-6-13(10)15-11/h3-7,9,14,17H,1-2,8H2. The first-order valence-electron chi connectivity index (χ1n) is 6.35. The van der Waals surface area contributed by atoms with Crippen LogP contribution in [-0.4, -0.2) is 21.1 Å². The first kappa shape index (κ1) is 12.0. The SMILES string of the molecule is O=[N+]([O-])c1ccc2nc(CC(O)C3CC3)ccc2c1. The maximum absolute atomic E-state index is 10.7. The fourth-order valence-electron chi connectivity index (χ4n) is 2.24. The number of hydrogen-bond donors (Lipinski definition) is 1.